The Morgan fingerprint density at radius 3 is 2.33 bits per heavy atom. The van der Waals surface area contributed by atoms with Crippen LogP contribution in [0.2, 0.25) is 0 Å². The molecule has 0 aromatic carbocycles. The van der Waals surface area contributed by atoms with Gasteiger partial charge in [0.15, 0.2) is 0 Å². The Hall–Kier alpha value is -0.380. The van der Waals surface area contributed by atoms with Crippen molar-refractivity contribution in [2.24, 2.45) is 44.8 Å². The van der Waals surface area contributed by atoms with E-state index in [2.05, 4.69) is 78.1 Å². The molecule has 0 aliphatic heterocycles. The van der Waals surface area contributed by atoms with Crippen LogP contribution in [-0.2, 0) is 0 Å². The van der Waals surface area contributed by atoms with Gasteiger partial charge in [0.05, 0.1) is 6.10 Å². The maximum absolute atomic E-state index is 11.3. The zero-order valence-electron chi connectivity index (χ0n) is 20.8. The van der Waals surface area contributed by atoms with E-state index < -0.39 is 0 Å². The summed E-state index contributed by atoms with van der Waals surface area (Å²) in [5, 5.41) is 14.7. The third kappa shape index (κ3) is 2.19. The first-order chi connectivity index (χ1) is 13.9. The maximum Gasteiger partial charge on any atom is 0.0597 e. The van der Waals surface area contributed by atoms with Crippen LogP contribution in [0.15, 0.2) is 12.2 Å². The zero-order valence-corrected chi connectivity index (χ0v) is 20.8. The summed E-state index contributed by atoms with van der Waals surface area (Å²) in [7, 11) is 6.63. The fourth-order valence-electron chi connectivity index (χ4n) is 10.7. The van der Waals surface area contributed by atoms with Crippen molar-refractivity contribution in [3.8, 4) is 0 Å². The number of aliphatic hydroxyl groups excluding tert-OH is 1. The Bertz CT molecular complexity index is 760. The van der Waals surface area contributed by atoms with Gasteiger partial charge < -0.3 is 15.3 Å². The topological polar surface area (TPSA) is 35.5 Å². The molecule has 0 bridgehead atoms. The Morgan fingerprint density at radius 1 is 1.03 bits per heavy atom. The lowest BCUT2D eigenvalue weighted by atomic mass is 9.44. The van der Waals surface area contributed by atoms with Gasteiger partial charge in [-0.3, -0.25) is 0 Å². The van der Waals surface area contributed by atoms with E-state index in [0.29, 0.717) is 34.2 Å². The first kappa shape index (κ1) is 21.5. The van der Waals surface area contributed by atoms with Crippen LogP contribution in [-0.4, -0.2) is 49.3 Å². The lowest BCUT2D eigenvalue weighted by molar-refractivity contribution is -0.103. The molecule has 2 spiro atoms. The van der Waals surface area contributed by atoms with Crippen LogP contribution in [0.1, 0.15) is 73.1 Å². The van der Waals surface area contributed by atoms with Crippen LogP contribution < -0.4 is 5.32 Å². The van der Waals surface area contributed by atoms with Gasteiger partial charge in [0, 0.05) is 18.0 Å². The molecule has 0 aromatic heterocycles. The maximum atomic E-state index is 11.3. The third-order valence-electron chi connectivity index (χ3n) is 12.1. The van der Waals surface area contributed by atoms with Crippen LogP contribution >= 0.6 is 0 Å². The van der Waals surface area contributed by atoms with Crippen LogP contribution in [0, 0.1) is 44.8 Å². The van der Waals surface area contributed by atoms with Crippen molar-refractivity contribution in [2.45, 2.75) is 91.3 Å². The molecule has 0 unspecified atom stereocenters. The molecule has 0 saturated heterocycles. The normalized spacial score (nSPS) is 56.7. The standard InChI is InChI=1S/C27H46N2O/c1-17(28-6)22-18(30)15-25(5)20-10-9-19-23(2,3)21(29(7)8)11-12-26(19)16-27(20,26)14-13-24(22,25)4/h13-14,17-22,28,30H,9-12,15-16H2,1-8H3/t17-,18-,19+,20+,21-,22+,24-,25+,26-,27+/m1/s1. The summed E-state index contributed by atoms with van der Waals surface area (Å²) in [6, 6.07) is 1.04. The SMILES string of the molecule is CN[C@H](C)[C@H]1[C@H](O)C[C@@]2(C)[C@@H]3CC[C@H]4C(C)(C)[C@H](N(C)C)CC[C@@]45C[C@@]35C=C[C@]12C. The Morgan fingerprint density at radius 2 is 1.70 bits per heavy atom. The second-order valence-corrected chi connectivity index (χ2v) is 13.3. The fourth-order valence-corrected chi connectivity index (χ4v) is 10.7. The Kier molecular flexibility index (Phi) is 4.39. The van der Waals surface area contributed by atoms with Gasteiger partial charge in [0.25, 0.3) is 0 Å². The van der Waals surface area contributed by atoms with Gasteiger partial charge in [-0.15, -0.1) is 0 Å². The van der Waals surface area contributed by atoms with Gasteiger partial charge in [0.2, 0.25) is 0 Å². The number of rotatable bonds is 3. The van der Waals surface area contributed by atoms with Crippen molar-refractivity contribution < 1.29 is 5.11 Å². The highest BCUT2D eigenvalue weighted by atomic mass is 16.3. The second kappa shape index (κ2) is 6.14. The highest BCUT2D eigenvalue weighted by Crippen LogP contribution is 2.87. The molecule has 0 aromatic rings. The molecule has 0 amide bonds. The van der Waals surface area contributed by atoms with E-state index in [9.17, 15) is 5.11 Å². The lowest BCUT2D eigenvalue weighted by Gasteiger charge is -2.62. The van der Waals surface area contributed by atoms with Gasteiger partial charge >= 0.3 is 0 Å². The quantitative estimate of drug-likeness (QED) is 0.657. The van der Waals surface area contributed by atoms with E-state index in [1.807, 2.05) is 0 Å². The van der Waals surface area contributed by atoms with Gasteiger partial charge in [0.1, 0.15) is 0 Å². The van der Waals surface area contributed by atoms with Crippen LogP contribution in [0.5, 0.6) is 0 Å². The van der Waals surface area contributed by atoms with E-state index in [-0.39, 0.29) is 16.9 Å². The van der Waals surface area contributed by atoms with Gasteiger partial charge in [-0.25, -0.2) is 0 Å². The number of nitrogens with one attached hydrogen (secondary N) is 1. The van der Waals surface area contributed by atoms with E-state index in [0.717, 1.165) is 18.3 Å². The number of hydrogen-bond acceptors (Lipinski definition) is 3. The number of hydrogen-bond donors (Lipinski definition) is 2. The van der Waals surface area contributed by atoms with Crippen LogP contribution in [0.3, 0.4) is 0 Å². The van der Waals surface area contributed by atoms with Gasteiger partial charge in [-0.1, -0.05) is 39.8 Å². The van der Waals surface area contributed by atoms with Crippen molar-refractivity contribution in [3.63, 3.8) is 0 Å². The van der Waals surface area contributed by atoms with E-state index >= 15 is 0 Å². The summed E-state index contributed by atoms with van der Waals surface area (Å²) in [6.07, 6.45) is 13.0. The van der Waals surface area contributed by atoms with Crippen molar-refractivity contribution >= 4 is 0 Å². The minimum atomic E-state index is -0.199. The lowest BCUT2D eigenvalue weighted by Crippen LogP contribution is -2.58. The van der Waals surface area contributed by atoms with E-state index in [1.54, 1.807) is 0 Å². The fraction of sp³-hybridized carbons (Fsp3) is 0.926. The highest BCUT2D eigenvalue weighted by molar-refractivity contribution is 5.39. The minimum absolute atomic E-state index is 0.0811. The number of nitrogens with zero attached hydrogens (tertiary/aromatic N) is 1. The second-order valence-electron chi connectivity index (χ2n) is 13.3. The molecule has 2 N–H and O–H groups in total. The summed E-state index contributed by atoms with van der Waals surface area (Å²) in [6.45, 7) is 12.4. The summed E-state index contributed by atoms with van der Waals surface area (Å²) in [4.78, 5) is 2.50. The molecule has 0 radical (unpaired) electrons. The Balaban J connectivity index is 1.56. The summed E-state index contributed by atoms with van der Waals surface area (Å²) >= 11 is 0. The Labute approximate surface area is 185 Å². The molecule has 3 heteroatoms. The smallest absolute Gasteiger partial charge is 0.0597 e. The minimum Gasteiger partial charge on any atom is -0.393 e. The molecule has 4 saturated carbocycles. The molecule has 30 heavy (non-hydrogen) atoms. The number of fused-ring (bicyclic) bond motifs is 2. The van der Waals surface area contributed by atoms with Crippen LogP contribution in [0.4, 0.5) is 0 Å². The molecular formula is C27H46N2O. The van der Waals surface area contributed by atoms with Gasteiger partial charge in [-0.05, 0) is 106 Å². The predicted molar refractivity (Wildman–Crippen MR) is 124 cm³/mol. The average molecular weight is 415 g/mol. The predicted octanol–water partition coefficient (Wildman–Crippen LogP) is 4.71. The van der Waals surface area contributed by atoms with Crippen molar-refractivity contribution in [2.75, 3.05) is 21.1 Å². The first-order valence-electron chi connectivity index (χ1n) is 12.6. The summed E-state index contributed by atoms with van der Waals surface area (Å²) in [5.41, 5.74) is 1.58. The number of aliphatic hydroxyl groups is 1. The highest BCUT2D eigenvalue weighted by Gasteiger charge is 2.81. The molecule has 0 heterocycles. The molecular weight excluding hydrogens is 368 g/mol. The molecule has 10 atom stereocenters. The van der Waals surface area contributed by atoms with Crippen molar-refractivity contribution in [1.29, 1.82) is 0 Å². The third-order valence-corrected chi connectivity index (χ3v) is 12.1. The van der Waals surface area contributed by atoms with Crippen molar-refractivity contribution in [3.05, 3.63) is 12.2 Å². The summed E-state index contributed by atoms with van der Waals surface area (Å²) < 4.78 is 0. The molecule has 5 aliphatic rings. The average Bonchev–Trinajstić information content (AvgIpc) is 3.26. The van der Waals surface area contributed by atoms with E-state index in [1.165, 1.54) is 32.1 Å². The summed E-state index contributed by atoms with van der Waals surface area (Å²) in [5.74, 6) is 1.86. The molecule has 170 valence electrons. The molecule has 4 fully saturated rings. The largest absolute Gasteiger partial charge is 0.393 e. The molecule has 3 nitrogen and oxygen atoms in total. The molecule has 5 aliphatic carbocycles. The van der Waals surface area contributed by atoms with Crippen LogP contribution in [0.25, 0.3) is 0 Å². The first-order valence-corrected chi connectivity index (χ1v) is 12.6. The van der Waals surface area contributed by atoms with E-state index in [4.69, 9.17) is 0 Å². The molecule has 5 rings (SSSR count). The zero-order chi connectivity index (χ0) is 21.9. The van der Waals surface area contributed by atoms with Gasteiger partial charge in [-0.2, -0.15) is 0 Å². The number of allylic oxidation sites excluding steroid dienone is 2. The van der Waals surface area contributed by atoms with Crippen molar-refractivity contribution in [1.82, 2.24) is 10.2 Å². The monoisotopic (exact) mass is 414 g/mol.